The number of amides is 1. The predicted octanol–water partition coefficient (Wildman–Crippen LogP) is 2.61. The Balaban J connectivity index is 0.00000441. The minimum atomic E-state index is -0.942. The summed E-state index contributed by atoms with van der Waals surface area (Å²) in [5, 5.41) is 15.2. The zero-order valence-electron chi connectivity index (χ0n) is 12.6. The molecule has 1 aromatic rings. The fraction of sp³-hybridized carbons (Fsp3) is 0.467. The number of carboxylic acids is 1. The smallest absolute Gasteiger partial charge is 0.320 e. The van der Waals surface area contributed by atoms with Crippen LogP contribution in [0, 0.1) is 0 Å². The quantitative estimate of drug-likeness (QED) is 0.674. The Labute approximate surface area is 141 Å². The van der Waals surface area contributed by atoms with E-state index in [1.54, 1.807) is 13.0 Å². The van der Waals surface area contributed by atoms with E-state index >= 15 is 0 Å². The van der Waals surface area contributed by atoms with E-state index in [2.05, 4.69) is 10.6 Å². The summed E-state index contributed by atoms with van der Waals surface area (Å²) in [5.74, 6) is -1.19. The summed E-state index contributed by atoms with van der Waals surface area (Å²) in [5.41, 5.74) is 0.822. The van der Waals surface area contributed by atoms with Gasteiger partial charge in [-0.3, -0.25) is 14.9 Å². The van der Waals surface area contributed by atoms with Crippen molar-refractivity contribution in [2.75, 3.05) is 0 Å². The van der Waals surface area contributed by atoms with Crippen LogP contribution in [0.1, 0.15) is 32.3 Å². The number of carboxylic acid groups (broad SMARTS) is 1. The van der Waals surface area contributed by atoms with Crippen LogP contribution >= 0.6 is 24.0 Å². The maximum Gasteiger partial charge on any atom is 0.320 e. The number of hydrogen-bond acceptors (Lipinski definition) is 3. The second-order valence-corrected chi connectivity index (χ2v) is 5.28. The monoisotopic (exact) mass is 348 g/mol. The second-order valence-electron chi connectivity index (χ2n) is 4.88. The van der Waals surface area contributed by atoms with Crippen LogP contribution in [0.15, 0.2) is 24.3 Å². The average molecular weight is 349 g/mol. The highest BCUT2D eigenvalue weighted by Gasteiger charge is 2.22. The van der Waals surface area contributed by atoms with E-state index in [1.807, 2.05) is 25.1 Å². The van der Waals surface area contributed by atoms with Crippen molar-refractivity contribution in [2.45, 2.75) is 45.3 Å². The third-order valence-electron chi connectivity index (χ3n) is 3.13. The molecule has 3 N–H and O–H groups in total. The highest BCUT2D eigenvalue weighted by atomic mass is 35.5. The van der Waals surface area contributed by atoms with Gasteiger partial charge in [-0.2, -0.15) is 0 Å². The molecule has 1 aromatic carbocycles. The lowest BCUT2D eigenvalue weighted by Crippen LogP contribution is -2.49. The van der Waals surface area contributed by atoms with E-state index in [0.717, 1.165) is 12.0 Å². The lowest BCUT2D eigenvalue weighted by molar-refractivity contribution is -0.140. The van der Waals surface area contributed by atoms with Gasteiger partial charge in [0.25, 0.3) is 0 Å². The first-order chi connectivity index (χ1) is 9.95. The minimum absolute atomic E-state index is 0. The zero-order chi connectivity index (χ0) is 15.8. The normalized spacial score (nSPS) is 12.9. The number of carbonyl (C=O) groups is 2. The molecule has 7 heteroatoms. The number of nitrogens with one attached hydrogen (secondary N) is 2. The molecule has 0 saturated carbocycles. The molecule has 2 unspecified atom stereocenters. The van der Waals surface area contributed by atoms with E-state index in [4.69, 9.17) is 16.7 Å². The van der Waals surface area contributed by atoms with Crippen LogP contribution in [0.2, 0.25) is 5.02 Å². The van der Waals surface area contributed by atoms with Crippen LogP contribution in [0.25, 0.3) is 0 Å². The molecule has 1 amide bonds. The van der Waals surface area contributed by atoms with Gasteiger partial charge in [-0.15, -0.1) is 12.4 Å². The summed E-state index contributed by atoms with van der Waals surface area (Å²) < 4.78 is 0. The maximum atomic E-state index is 12.0. The fourth-order valence-corrected chi connectivity index (χ4v) is 2.12. The zero-order valence-corrected chi connectivity index (χ0v) is 14.2. The van der Waals surface area contributed by atoms with Gasteiger partial charge in [0.2, 0.25) is 5.91 Å². The highest BCUT2D eigenvalue weighted by Crippen LogP contribution is 2.14. The van der Waals surface area contributed by atoms with Crippen molar-refractivity contribution >= 4 is 35.9 Å². The van der Waals surface area contributed by atoms with Crippen molar-refractivity contribution in [3.8, 4) is 0 Å². The molecule has 1 rings (SSSR count). The first-order valence-corrected chi connectivity index (χ1v) is 7.33. The SMILES string of the molecule is CCCC(NC(C)C(=O)NCc1ccccc1Cl)C(=O)O.Cl. The van der Waals surface area contributed by atoms with Crippen LogP contribution in [-0.4, -0.2) is 29.1 Å². The topological polar surface area (TPSA) is 78.4 Å². The number of hydrogen-bond donors (Lipinski definition) is 3. The van der Waals surface area contributed by atoms with E-state index < -0.39 is 18.1 Å². The van der Waals surface area contributed by atoms with Crippen molar-refractivity contribution in [2.24, 2.45) is 0 Å². The van der Waals surface area contributed by atoms with Crippen molar-refractivity contribution in [3.63, 3.8) is 0 Å². The van der Waals surface area contributed by atoms with Crippen LogP contribution in [0.3, 0.4) is 0 Å². The van der Waals surface area contributed by atoms with Crippen LogP contribution in [-0.2, 0) is 16.1 Å². The van der Waals surface area contributed by atoms with Crippen molar-refractivity contribution in [1.82, 2.24) is 10.6 Å². The van der Waals surface area contributed by atoms with Crippen LogP contribution in [0.4, 0.5) is 0 Å². The molecule has 124 valence electrons. The first-order valence-electron chi connectivity index (χ1n) is 6.95. The summed E-state index contributed by atoms with van der Waals surface area (Å²) in [4.78, 5) is 23.0. The first kappa shape index (κ1) is 20.7. The second kappa shape index (κ2) is 10.4. The summed E-state index contributed by atoms with van der Waals surface area (Å²) in [6.07, 6.45) is 1.22. The van der Waals surface area contributed by atoms with E-state index in [-0.39, 0.29) is 18.3 Å². The standard InChI is InChI=1S/C15H21ClN2O3.ClH/c1-3-6-13(15(20)21)18-10(2)14(19)17-9-11-7-4-5-8-12(11)16;/h4-5,7-8,10,13,18H,3,6,9H2,1-2H3,(H,17,19)(H,20,21);1H. The molecule has 0 aromatic heterocycles. The fourth-order valence-electron chi connectivity index (χ4n) is 1.92. The molecule has 2 atom stereocenters. The number of benzene rings is 1. The van der Waals surface area contributed by atoms with Crippen molar-refractivity contribution in [3.05, 3.63) is 34.9 Å². The Kier molecular flexibility index (Phi) is 9.81. The van der Waals surface area contributed by atoms with Crippen LogP contribution in [0.5, 0.6) is 0 Å². The number of halogens is 2. The van der Waals surface area contributed by atoms with Gasteiger partial charge in [0, 0.05) is 11.6 Å². The minimum Gasteiger partial charge on any atom is -0.480 e. The summed E-state index contributed by atoms with van der Waals surface area (Å²) in [6.45, 7) is 3.86. The molecule has 0 aliphatic heterocycles. The molecule has 5 nitrogen and oxygen atoms in total. The molecule has 0 saturated heterocycles. The van der Waals surface area contributed by atoms with Gasteiger partial charge in [-0.25, -0.2) is 0 Å². The summed E-state index contributed by atoms with van der Waals surface area (Å²) in [6, 6.07) is 5.96. The molecule has 0 bridgehead atoms. The van der Waals surface area contributed by atoms with Crippen LogP contribution < -0.4 is 10.6 Å². The van der Waals surface area contributed by atoms with Gasteiger partial charge in [0.15, 0.2) is 0 Å². The van der Waals surface area contributed by atoms with Crippen molar-refractivity contribution in [1.29, 1.82) is 0 Å². The Bertz CT molecular complexity index is 497. The maximum absolute atomic E-state index is 12.0. The molecule has 0 fully saturated rings. The number of carbonyl (C=O) groups excluding carboxylic acids is 1. The number of aliphatic carboxylic acids is 1. The molecule has 0 aliphatic carbocycles. The lowest BCUT2D eigenvalue weighted by Gasteiger charge is -2.19. The molecule has 22 heavy (non-hydrogen) atoms. The van der Waals surface area contributed by atoms with Gasteiger partial charge in [0.1, 0.15) is 6.04 Å². The Morgan fingerprint density at radius 3 is 2.50 bits per heavy atom. The van der Waals surface area contributed by atoms with Gasteiger partial charge in [-0.05, 0) is 25.0 Å². The highest BCUT2D eigenvalue weighted by molar-refractivity contribution is 6.31. The largest absolute Gasteiger partial charge is 0.480 e. The molecule has 0 heterocycles. The molecule has 0 radical (unpaired) electrons. The van der Waals surface area contributed by atoms with E-state index in [1.165, 1.54) is 0 Å². The van der Waals surface area contributed by atoms with Gasteiger partial charge >= 0.3 is 5.97 Å². The summed E-state index contributed by atoms with van der Waals surface area (Å²) in [7, 11) is 0. The number of rotatable bonds is 8. The molecular formula is C15H22Cl2N2O3. The Morgan fingerprint density at radius 2 is 1.95 bits per heavy atom. The molecule has 0 aliphatic rings. The van der Waals surface area contributed by atoms with Crippen molar-refractivity contribution < 1.29 is 14.7 Å². The van der Waals surface area contributed by atoms with Gasteiger partial charge < -0.3 is 10.4 Å². The van der Waals surface area contributed by atoms with Gasteiger partial charge in [0.05, 0.1) is 6.04 Å². The summed E-state index contributed by atoms with van der Waals surface area (Å²) >= 11 is 6.01. The van der Waals surface area contributed by atoms with E-state index in [9.17, 15) is 9.59 Å². The Morgan fingerprint density at radius 1 is 1.32 bits per heavy atom. The molecular weight excluding hydrogens is 327 g/mol. The third-order valence-corrected chi connectivity index (χ3v) is 3.50. The lowest BCUT2D eigenvalue weighted by atomic mass is 10.1. The Hall–Kier alpha value is -1.30. The van der Waals surface area contributed by atoms with Gasteiger partial charge in [-0.1, -0.05) is 43.1 Å². The average Bonchev–Trinajstić information content (AvgIpc) is 2.45. The van der Waals surface area contributed by atoms with E-state index in [0.29, 0.717) is 18.0 Å². The predicted molar refractivity (Wildman–Crippen MR) is 89.5 cm³/mol. The molecule has 0 spiro atoms. The third kappa shape index (κ3) is 6.64.